The first-order chi connectivity index (χ1) is 8.24. The van der Waals surface area contributed by atoms with E-state index < -0.39 is 41.9 Å². The van der Waals surface area contributed by atoms with Gasteiger partial charge in [-0.3, -0.25) is 4.79 Å². The van der Waals surface area contributed by atoms with E-state index in [1.165, 1.54) is 0 Å². The van der Waals surface area contributed by atoms with Gasteiger partial charge < -0.3 is 4.74 Å². The number of carbonyl (C=O) groups excluding carboxylic acids is 1. The third-order valence-corrected chi connectivity index (χ3v) is 2.00. The summed E-state index contributed by atoms with van der Waals surface area (Å²) in [6.07, 6.45) is -8.53. The first-order valence-corrected chi connectivity index (χ1v) is 4.67. The lowest BCUT2D eigenvalue weighted by Crippen LogP contribution is -2.13. The molecule has 100 valence electrons. The average molecular weight is 269 g/mol. The Balaban J connectivity index is 3.18. The molecule has 1 heterocycles. The van der Waals surface area contributed by atoms with Crippen molar-refractivity contribution in [3.8, 4) is 0 Å². The molecule has 0 radical (unpaired) electrons. The maximum atomic E-state index is 12.4. The molecule has 0 aliphatic rings. The Morgan fingerprint density at radius 1 is 1.39 bits per heavy atom. The summed E-state index contributed by atoms with van der Waals surface area (Å²) in [5.41, 5.74) is -2.71. The molecule has 1 aromatic rings. The van der Waals surface area contributed by atoms with Crippen molar-refractivity contribution in [3.05, 3.63) is 29.1 Å². The monoisotopic (exact) mass is 269 g/mol. The number of hydrogen-bond donors (Lipinski definition) is 0. The van der Waals surface area contributed by atoms with Crippen molar-refractivity contribution in [3.63, 3.8) is 0 Å². The number of methoxy groups -OCH3 is 1. The van der Waals surface area contributed by atoms with Gasteiger partial charge in [0.2, 0.25) is 0 Å². The molecule has 0 spiro atoms. The number of rotatable bonds is 3. The molecule has 0 aromatic carbocycles. The number of pyridine rings is 1. The molecule has 18 heavy (non-hydrogen) atoms. The Morgan fingerprint density at radius 3 is 2.44 bits per heavy atom. The normalized spacial score (nSPS) is 11.7. The Morgan fingerprint density at radius 2 is 2.00 bits per heavy atom. The van der Waals surface area contributed by atoms with Gasteiger partial charge in [-0.25, -0.2) is 13.8 Å². The van der Waals surface area contributed by atoms with Crippen LogP contribution in [0.25, 0.3) is 0 Å². The second kappa shape index (κ2) is 5.28. The van der Waals surface area contributed by atoms with E-state index in [2.05, 4.69) is 9.72 Å². The fourth-order valence-corrected chi connectivity index (χ4v) is 1.19. The van der Waals surface area contributed by atoms with Gasteiger partial charge in [0.1, 0.15) is 5.69 Å². The van der Waals surface area contributed by atoms with E-state index in [4.69, 9.17) is 0 Å². The van der Waals surface area contributed by atoms with Crippen LogP contribution in [0.4, 0.5) is 22.0 Å². The quantitative estimate of drug-likeness (QED) is 0.625. The zero-order valence-corrected chi connectivity index (χ0v) is 9.09. The zero-order valence-electron chi connectivity index (χ0n) is 9.09. The molecule has 0 saturated heterocycles. The first-order valence-electron chi connectivity index (χ1n) is 4.67. The van der Waals surface area contributed by atoms with E-state index in [0.29, 0.717) is 0 Å². The largest absolute Gasteiger partial charge is 0.469 e. The fraction of sp³-hybridized carbons (Fsp3) is 0.400. The molecule has 8 heteroatoms. The molecular formula is C10H8F5NO2. The van der Waals surface area contributed by atoms with Gasteiger partial charge in [-0.2, -0.15) is 13.2 Å². The van der Waals surface area contributed by atoms with Crippen molar-refractivity contribution in [1.29, 1.82) is 0 Å². The van der Waals surface area contributed by atoms with E-state index in [9.17, 15) is 26.7 Å². The van der Waals surface area contributed by atoms with Crippen molar-refractivity contribution in [2.24, 2.45) is 0 Å². The Kier molecular flexibility index (Phi) is 4.20. The van der Waals surface area contributed by atoms with E-state index in [-0.39, 0.29) is 6.07 Å². The van der Waals surface area contributed by atoms with Crippen LogP contribution < -0.4 is 0 Å². The second-order valence-electron chi connectivity index (χ2n) is 3.33. The summed E-state index contributed by atoms with van der Waals surface area (Å²) in [7, 11) is 1.03. The molecular weight excluding hydrogens is 261 g/mol. The van der Waals surface area contributed by atoms with Crippen LogP contribution in [0.1, 0.15) is 23.4 Å². The highest BCUT2D eigenvalue weighted by molar-refractivity contribution is 5.71. The van der Waals surface area contributed by atoms with Crippen molar-refractivity contribution in [2.45, 2.75) is 19.0 Å². The van der Waals surface area contributed by atoms with Crippen molar-refractivity contribution < 1.29 is 31.5 Å². The van der Waals surface area contributed by atoms with Crippen LogP contribution in [0, 0.1) is 0 Å². The van der Waals surface area contributed by atoms with E-state index >= 15 is 0 Å². The molecule has 0 amide bonds. The molecule has 3 nitrogen and oxygen atoms in total. The average Bonchev–Trinajstić information content (AvgIpc) is 2.27. The van der Waals surface area contributed by atoms with Crippen LogP contribution in [0.2, 0.25) is 0 Å². The summed E-state index contributed by atoms with van der Waals surface area (Å²) in [6.45, 7) is 0. The Bertz CT molecular complexity index is 444. The van der Waals surface area contributed by atoms with Gasteiger partial charge in [-0.1, -0.05) is 0 Å². The van der Waals surface area contributed by atoms with Crippen molar-refractivity contribution >= 4 is 5.97 Å². The van der Waals surface area contributed by atoms with Crippen molar-refractivity contribution in [1.82, 2.24) is 4.98 Å². The molecule has 0 aliphatic heterocycles. The highest BCUT2D eigenvalue weighted by Crippen LogP contribution is 2.31. The zero-order chi connectivity index (χ0) is 13.9. The number of alkyl halides is 5. The summed E-state index contributed by atoms with van der Waals surface area (Å²) >= 11 is 0. The number of hydrogen-bond acceptors (Lipinski definition) is 3. The molecule has 0 atom stereocenters. The number of halogens is 5. The molecule has 0 N–H and O–H groups in total. The lowest BCUT2D eigenvalue weighted by molar-refractivity contribution is -0.143. The number of ether oxygens (including phenoxy) is 1. The maximum absolute atomic E-state index is 12.4. The van der Waals surface area contributed by atoms with Crippen LogP contribution in [0.15, 0.2) is 12.1 Å². The highest BCUT2D eigenvalue weighted by atomic mass is 19.4. The third-order valence-electron chi connectivity index (χ3n) is 2.00. The summed E-state index contributed by atoms with van der Waals surface area (Å²) in [4.78, 5) is 14.0. The first kappa shape index (κ1) is 14.3. The minimum absolute atomic E-state index is 0.255. The van der Waals surface area contributed by atoms with Crippen molar-refractivity contribution in [2.75, 3.05) is 7.11 Å². The van der Waals surface area contributed by atoms with Gasteiger partial charge in [0, 0.05) is 5.56 Å². The number of aromatic nitrogens is 1. The maximum Gasteiger partial charge on any atom is 0.433 e. The second-order valence-corrected chi connectivity index (χ2v) is 3.33. The Hall–Kier alpha value is -1.73. The van der Waals surface area contributed by atoms with Gasteiger partial charge in [0.15, 0.2) is 0 Å². The predicted molar refractivity (Wildman–Crippen MR) is 49.9 cm³/mol. The molecule has 0 aliphatic carbocycles. The van der Waals surface area contributed by atoms with E-state index in [1.807, 2.05) is 0 Å². The number of carbonyl (C=O) groups is 1. The minimum atomic E-state index is -4.85. The smallest absolute Gasteiger partial charge is 0.433 e. The molecule has 1 rings (SSSR count). The minimum Gasteiger partial charge on any atom is -0.469 e. The predicted octanol–water partition coefficient (Wildman–Crippen LogP) is 2.75. The molecule has 0 bridgehead atoms. The van der Waals surface area contributed by atoms with E-state index in [0.717, 1.165) is 13.2 Å². The lowest BCUT2D eigenvalue weighted by atomic mass is 10.1. The Labute approximate surface area is 98.6 Å². The van der Waals surface area contributed by atoms with Gasteiger partial charge in [-0.15, -0.1) is 0 Å². The molecule has 0 saturated carbocycles. The van der Waals surface area contributed by atoms with Gasteiger partial charge >= 0.3 is 12.1 Å². The molecule has 0 unspecified atom stereocenters. The standard InChI is InChI=1S/C10H8F5NO2/c1-18-8(17)4-6-2-5(9(11)12)3-7(16-6)10(13,14)15/h2-3,9H,4H2,1H3. The van der Waals surface area contributed by atoms with E-state index in [1.54, 1.807) is 0 Å². The number of nitrogens with zero attached hydrogens (tertiary/aromatic N) is 1. The van der Waals surface area contributed by atoms with Gasteiger partial charge in [-0.05, 0) is 12.1 Å². The SMILES string of the molecule is COC(=O)Cc1cc(C(F)F)cc(C(F)(F)F)n1. The van der Waals surface area contributed by atoms with Gasteiger partial charge in [0.05, 0.1) is 19.2 Å². The summed E-state index contributed by atoms with van der Waals surface area (Å²) in [6, 6.07) is 1.00. The molecule has 0 fully saturated rings. The molecule has 1 aromatic heterocycles. The van der Waals surface area contributed by atoms with Crippen LogP contribution in [-0.4, -0.2) is 18.1 Å². The number of esters is 1. The van der Waals surface area contributed by atoms with Crippen LogP contribution >= 0.6 is 0 Å². The summed E-state index contributed by atoms with van der Waals surface area (Å²) in [5.74, 6) is -0.859. The highest BCUT2D eigenvalue weighted by Gasteiger charge is 2.34. The van der Waals surface area contributed by atoms with Gasteiger partial charge in [0.25, 0.3) is 6.43 Å². The van der Waals surface area contributed by atoms with Crippen LogP contribution in [0.3, 0.4) is 0 Å². The topological polar surface area (TPSA) is 39.2 Å². The fourth-order valence-electron chi connectivity index (χ4n) is 1.19. The van der Waals surface area contributed by atoms with Crippen LogP contribution in [0.5, 0.6) is 0 Å². The lowest BCUT2D eigenvalue weighted by Gasteiger charge is -2.10. The van der Waals surface area contributed by atoms with Crippen LogP contribution in [-0.2, 0) is 22.1 Å². The summed E-state index contributed by atoms with van der Waals surface area (Å²) < 4.78 is 66.3. The summed E-state index contributed by atoms with van der Waals surface area (Å²) in [5, 5.41) is 0. The third kappa shape index (κ3) is 3.64.